The van der Waals surface area contributed by atoms with E-state index in [-0.39, 0.29) is 17.0 Å². The third-order valence-electron chi connectivity index (χ3n) is 4.64. The Morgan fingerprint density at radius 2 is 1.87 bits per heavy atom. The number of rotatable bonds is 8. The molecule has 9 heteroatoms. The van der Waals surface area contributed by atoms with Crippen LogP contribution in [0.2, 0.25) is 0 Å². The molecule has 1 heterocycles. The molecule has 2 aromatic rings. The number of amides is 2. The summed E-state index contributed by atoms with van der Waals surface area (Å²) in [5.41, 5.74) is 6.02. The molecule has 0 bridgehead atoms. The first-order valence-electron chi connectivity index (χ1n) is 9.89. The van der Waals surface area contributed by atoms with Crippen molar-refractivity contribution in [3.8, 4) is 11.5 Å². The first-order valence-corrected chi connectivity index (χ1v) is 9.89. The van der Waals surface area contributed by atoms with Gasteiger partial charge in [0.05, 0.1) is 24.5 Å². The van der Waals surface area contributed by atoms with Crippen molar-refractivity contribution in [2.24, 2.45) is 5.73 Å². The lowest BCUT2D eigenvalue weighted by Crippen LogP contribution is -2.38. The fourth-order valence-corrected chi connectivity index (χ4v) is 3.10. The van der Waals surface area contributed by atoms with Crippen LogP contribution < -0.4 is 20.5 Å². The zero-order valence-electron chi connectivity index (χ0n) is 17.3. The lowest BCUT2D eigenvalue weighted by Gasteiger charge is -2.26. The van der Waals surface area contributed by atoms with Gasteiger partial charge in [0.1, 0.15) is 18.1 Å². The Morgan fingerprint density at radius 1 is 1.10 bits per heavy atom. The van der Waals surface area contributed by atoms with Gasteiger partial charge in [-0.1, -0.05) is 6.07 Å². The van der Waals surface area contributed by atoms with Crippen molar-refractivity contribution in [2.45, 2.75) is 6.92 Å². The Bertz CT molecular complexity index is 956. The normalized spacial score (nSPS) is 14.0. The number of ether oxygens (including phenoxy) is 3. The van der Waals surface area contributed by atoms with Gasteiger partial charge in [-0.05, 0) is 36.4 Å². The average molecular weight is 427 g/mol. The van der Waals surface area contributed by atoms with Crippen molar-refractivity contribution in [3.63, 3.8) is 0 Å². The quantitative estimate of drug-likeness (QED) is 0.486. The van der Waals surface area contributed by atoms with Crippen LogP contribution in [0.25, 0.3) is 0 Å². The maximum Gasteiger partial charge on any atom is 0.308 e. The standard InChI is InChI=1S/C22H25N3O6/c1-15(26)31-18-5-6-20(19(14-18)21(23)27)24-22(28)16-3-2-4-17(13-16)30-12-9-25-7-10-29-11-8-25/h2-6,13-14H,7-12H2,1H3,(H2,23,27)(H,24,28). The molecule has 0 saturated carbocycles. The topological polar surface area (TPSA) is 120 Å². The zero-order chi connectivity index (χ0) is 22.2. The molecule has 0 spiro atoms. The highest BCUT2D eigenvalue weighted by molar-refractivity contribution is 6.09. The minimum atomic E-state index is -0.760. The van der Waals surface area contributed by atoms with Crippen LogP contribution in [-0.2, 0) is 9.53 Å². The van der Waals surface area contributed by atoms with Crippen molar-refractivity contribution in [3.05, 3.63) is 53.6 Å². The SMILES string of the molecule is CC(=O)Oc1ccc(NC(=O)c2cccc(OCCN3CCOCC3)c2)c(C(N)=O)c1. The molecule has 164 valence electrons. The highest BCUT2D eigenvalue weighted by Gasteiger charge is 2.15. The number of morpholine rings is 1. The molecule has 3 N–H and O–H groups in total. The molecule has 1 aliphatic heterocycles. The largest absolute Gasteiger partial charge is 0.492 e. The van der Waals surface area contributed by atoms with Gasteiger partial charge in [0.2, 0.25) is 0 Å². The summed E-state index contributed by atoms with van der Waals surface area (Å²) in [4.78, 5) is 37.8. The molecule has 1 fully saturated rings. The predicted octanol–water partition coefficient (Wildman–Crippen LogP) is 1.67. The second kappa shape index (κ2) is 10.6. The Labute approximate surface area is 180 Å². The van der Waals surface area contributed by atoms with Gasteiger partial charge in [0.25, 0.3) is 11.8 Å². The van der Waals surface area contributed by atoms with Crippen LogP contribution in [0.4, 0.5) is 5.69 Å². The Morgan fingerprint density at radius 3 is 2.58 bits per heavy atom. The molecule has 1 saturated heterocycles. The lowest BCUT2D eigenvalue weighted by molar-refractivity contribution is -0.131. The second-order valence-corrected chi connectivity index (χ2v) is 6.95. The number of nitrogens with zero attached hydrogens (tertiary/aromatic N) is 1. The minimum absolute atomic E-state index is 0.0324. The monoisotopic (exact) mass is 427 g/mol. The van der Waals surface area contributed by atoms with Crippen LogP contribution in [0.3, 0.4) is 0 Å². The third kappa shape index (κ3) is 6.53. The van der Waals surface area contributed by atoms with Gasteiger partial charge in [0, 0.05) is 32.1 Å². The first-order chi connectivity index (χ1) is 14.9. The van der Waals surface area contributed by atoms with E-state index in [1.54, 1.807) is 24.3 Å². The molecular weight excluding hydrogens is 402 g/mol. The predicted molar refractivity (Wildman–Crippen MR) is 113 cm³/mol. The van der Waals surface area contributed by atoms with Crippen LogP contribution >= 0.6 is 0 Å². The molecule has 0 unspecified atom stereocenters. The van der Waals surface area contributed by atoms with Gasteiger partial charge < -0.3 is 25.3 Å². The van der Waals surface area contributed by atoms with Crippen LogP contribution in [-0.4, -0.2) is 62.1 Å². The molecule has 1 aliphatic rings. The van der Waals surface area contributed by atoms with Gasteiger partial charge >= 0.3 is 5.97 Å². The van der Waals surface area contributed by atoms with E-state index in [9.17, 15) is 14.4 Å². The van der Waals surface area contributed by atoms with Crippen molar-refractivity contribution in [2.75, 3.05) is 44.8 Å². The van der Waals surface area contributed by atoms with E-state index in [4.69, 9.17) is 19.9 Å². The summed E-state index contributed by atoms with van der Waals surface area (Å²) in [6, 6.07) is 11.0. The highest BCUT2D eigenvalue weighted by atomic mass is 16.5. The fraction of sp³-hybridized carbons (Fsp3) is 0.318. The number of primary amides is 1. The number of hydrogen-bond acceptors (Lipinski definition) is 7. The van der Waals surface area contributed by atoms with Crippen LogP contribution in [0.1, 0.15) is 27.6 Å². The smallest absolute Gasteiger partial charge is 0.308 e. The zero-order valence-corrected chi connectivity index (χ0v) is 17.3. The Balaban J connectivity index is 1.64. The number of carbonyl (C=O) groups is 3. The number of nitrogens with one attached hydrogen (secondary N) is 1. The molecule has 0 radical (unpaired) electrons. The number of anilines is 1. The minimum Gasteiger partial charge on any atom is -0.492 e. The summed E-state index contributed by atoms with van der Waals surface area (Å²) in [5, 5.41) is 2.67. The maximum atomic E-state index is 12.7. The number of nitrogens with two attached hydrogens (primary N) is 1. The molecule has 3 rings (SSSR count). The number of benzene rings is 2. The molecule has 0 aliphatic carbocycles. The highest BCUT2D eigenvalue weighted by Crippen LogP contribution is 2.23. The summed E-state index contributed by atoms with van der Waals surface area (Å²) in [5.74, 6) is -0.986. The molecule has 0 atom stereocenters. The summed E-state index contributed by atoms with van der Waals surface area (Å²) in [7, 11) is 0. The van der Waals surface area contributed by atoms with Crippen LogP contribution in [0, 0.1) is 0 Å². The number of hydrogen-bond donors (Lipinski definition) is 2. The van der Waals surface area contributed by atoms with Gasteiger partial charge in [-0.2, -0.15) is 0 Å². The molecule has 2 aromatic carbocycles. The lowest BCUT2D eigenvalue weighted by atomic mass is 10.1. The summed E-state index contributed by atoms with van der Waals surface area (Å²) in [6.07, 6.45) is 0. The van der Waals surface area contributed by atoms with Gasteiger partial charge in [-0.15, -0.1) is 0 Å². The molecular formula is C22H25N3O6. The van der Waals surface area contributed by atoms with Crippen molar-refractivity contribution < 1.29 is 28.6 Å². The van der Waals surface area contributed by atoms with E-state index in [1.807, 2.05) is 0 Å². The van der Waals surface area contributed by atoms with E-state index in [0.717, 1.165) is 32.8 Å². The number of esters is 1. The Kier molecular flexibility index (Phi) is 7.58. The van der Waals surface area contributed by atoms with E-state index < -0.39 is 17.8 Å². The summed E-state index contributed by atoms with van der Waals surface area (Å²) in [6.45, 7) is 5.73. The average Bonchev–Trinajstić information content (AvgIpc) is 2.75. The van der Waals surface area contributed by atoms with Gasteiger partial charge in [-0.25, -0.2) is 0 Å². The Hall–Kier alpha value is -3.43. The first kappa shape index (κ1) is 22.3. The van der Waals surface area contributed by atoms with E-state index in [2.05, 4.69) is 10.2 Å². The molecule has 0 aromatic heterocycles. The summed E-state index contributed by atoms with van der Waals surface area (Å²) >= 11 is 0. The van der Waals surface area contributed by atoms with Crippen molar-refractivity contribution >= 4 is 23.5 Å². The molecule has 31 heavy (non-hydrogen) atoms. The third-order valence-corrected chi connectivity index (χ3v) is 4.64. The molecule has 2 amide bonds. The second-order valence-electron chi connectivity index (χ2n) is 6.95. The van der Waals surface area contributed by atoms with Gasteiger partial charge in [0.15, 0.2) is 0 Å². The van der Waals surface area contributed by atoms with Gasteiger partial charge in [-0.3, -0.25) is 19.3 Å². The van der Waals surface area contributed by atoms with E-state index in [1.165, 1.54) is 25.1 Å². The van der Waals surface area contributed by atoms with Crippen molar-refractivity contribution in [1.29, 1.82) is 0 Å². The fourth-order valence-electron chi connectivity index (χ4n) is 3.10. The van der Waals surface area contributed by atoms with Crippen LogP contribution in [0.15, 0.2) is 42.5 Å². The van der Waals surface area contributed by atoms with Crippen molar-refractivity contribution in [1.82, 2.24) is 4.90 Å². The summed E-state index contributed by atoms with van der Waals surface area (Å²) < 4.78 is 16.1. The molecule has 9 nitrogen and oxygen atoms in total. The maximum absolute atomic E-state index is 12.7. The van der Waals surface area contributed by atoms with E-state index >= 15 is 0 Å². The van der Waals surface area contributed by atoms with E-state index in [0.29, 0.717) is 17.9 Å². The number of carbonyl (C=O) groups excluding carboxylic acids is 3. The van der Waals surface area contributed by atoms with Crippen LogP contribution in [0.5, 0.6) is 11.5 Å².